The third-order valence-electron chi connectivity index (χ3n) is 4.46. The minimum atomic E-state index is -0.266. The standard InChI is InChI=1S/C20H20FN5/c21-17-4-2-16(3-5-17)20-24-18(15-6-9-23-10-7-15)14-19(25-20)26-12-1-8-22-11-13-26/h2-7,9-10,14,22H,1,8,11-13H2. The molecule has 1 saturated heterocycles. The van der Waals surface area contributed by atoms with E-state index in [4.69, 9.17) is 9.97 Å². The van der Waals surface area contributed by atoms with Crippen molar-refractivity contribution in [1.82, 2.24) is 20.3 Å². The molecule has 3 aromatic rings. The molecule has 2 aromatic heterocycles. The molecule has 1 aliphatic rings. The Bertz CT molecular complexity index is 859. The van der Waals surface area contributed by atoms with Gasteiger partial charge in [-0.1, -0.05) is 0 Å². The zero-order valence-electron chi connectivity index (χ0n) is 14.4. The molecule has 26 heavy (non-hydrogen) atoms. The first kappa shape index (κ1) is 16.6. The van der Waals surface area contributed by atoms with Gasteiger partial charge in [-0.05, 0) is 49.4 Å². The first-order chi connectivity index (χ1) is 12.8. The van der Waals surface area contributed by atoms with E-state index < -0.39 is 0 Å². The van der Waals surface area contributed by atoms with Crippen LogP contribution in [0.4, 0.5) is 10.2 Å². The highest BCUT2D eigenvalue weighted by molar-refractivity contribution is 5.67. The van der Waals surface area contributed by atoms with Crippen LogP contribution >= 0.6 is 0 Å². The summed E-state index contributed by atoms with van der Waals surface area (Å²) in [5.41, 5.74) is 2.63. The third-order valence-corrected chi connectivity index (χ3v) is 4.46. The van der Waals surface area contributed by atoms with Crippen LogP contribution in [-0.2, 0) is 0 Å². The van der Waals surface area contributed by atoms with Crippen LogP contribution in [0, 0.1) is 5.82 Å². The lowest BCUT2D eigenvalue weighted by molar-refractivity contribution is 0.628. The maximum Gasteiger partial charge on any atom is 0.162 e. The number of nitrogens with one attached hydrogen (secondary N) is 1. The van der Waals surface area contributed by atoms with E-state index in [0.29, 0.717) is 5.82 Å². The molecule has 0 atom stereocenters. The minimum absolute atomic E-state index is 0.266. The summed E-state index contributed by atoms with van der Waals surface area (Å²) in [6.07, 6.45) is 4.58. The molecule has 4 rings (SSSR count). The van der Waals surface area contributed by atoms with Crippen LogP contribution in [0.1, 0.15) is 6.42 Å². The van der Waals surface area contributed by atoms with Gasteiger partial charge in [0.1, 0.15) is 11.6 Å². The first-order valence-corrected chi connectivity index (χ1v) is 8.81. The van der Waals surface area contributed by atoms with Crippen LogP contribution in [0.3, 0.4) is 0 Å². The van der Waals surface area contributed by atoms with E-state index in [-0.39, 0.29) is 5.82 Å². The number of aromatic nitrogens is 3. The highest BCUT2D eigenvalue weighted by Crippen LogP contribution is 2.26. The average molecular weight is 349 g/mol. The molecule has 1 aliphatic heterocycles. The number of benzene rings is 1. The zero-order chi connectivity index (χ0) is 17.8. The molecule has 1 fully saturated rings. The lowest BCUT2D eigenvalue weighted by Gasteiger charge is -2.22. The van der Waals surface area contributed by atoms with Crippen molar-refractivity contribution >= 4 is 5.82 Å². The Balaban J connectivity index is 1.80. The number of anilines is 1. The lowest BCUT2D eigenvalue weighted by Crippen LogP contribution is -2.28. The van der Waals surface area contributed by atoms with Gasteiger partial charge >= 0.3 is 0 Å². The molecule has 5 nitrogen and oxygen atoms in total. The van der Waals surface area contributed by atoms with Gasteiger partial charge < -0.3 is 10.2 Å². The molecule has 132 valence electrons. The number of halogens is 1. The van der Waals surface area contributed by atoms with E-state index >= 15 is 0 Å². The highest BCUT2D eigenvalue weighted by atomic mass is 19.1. The Hall–Kier alpha value is -2.86. The van der Waals surface area contributed by atoms with Gasteiger partial charge in [-0.2, -0.15) is 0 Å². The molecule has 6 heteroatoms. The SMILES string of the molecule is Fc1ccc(-c2nc(-c3ccncc3)cc(N3CCCNCC3)n2)cc1. The van der Waals surface area contributed by atoms with E-state index in [1.165, 1.54) is 12.1 Å². The van der Waals surface area contributed by atoms with Crippen molar-refractivity contribution < 1.29 is 4.39 Å². The second-order valence-electron chi connectivity index (χ2n) is 6.27. The first-order valence-electron chi connectivity index (χ1n) is 8.81. The maximum absolute atomic E-state index is 13.3. The van der Waals surface area contributed by atoms with Crippen molar-refractivity contribution in [2.24, 2.45) is 0 Å². The molecule has 0 bridgehead atoms. The van der Waals surface area contributed by atoms with Gasteiger partial charge in [-0.15, -0.1) is 0 Å². The molecule has 1 N–H and O–H groups in total. The zero-order valence-corrected chi connectivity index (χ0v) is 14.4. The van der Waals surface area contributed by atoms with Crippen LogP contribution in [-0.4, -0.2) is 41.1 Å². The number of hydrogen-bond acceptors (Lipinski definition) is 5. The normalized spacial score (nSPS) is 14.9. The number of hydrogen-bond donors (Lipinski definition) is 1. The van der Waals surface area contributed by atoms with Crippen LogP contribution < -0.4 is 10.2 Å². The van der Waals surface area contributed by atoms with E-state index in [1.807, 2.05) is 18.2 Å². The average Bonchev–Trinajstić information content (AvgIpc) is 2.98. The molecule has 0 unspecified atom stereocenters. The predicted molar refractivity (Wildman–Crippen MR) is 100 cm³/mol. The fraction of sp³-hybridized carbons (Fsp3) is 0.250. The van der Waals surface area contributed by atoms with Gasteiger partial charge in [0.15, 0.2) is 5.82 Å². The molecule has 0 amide bonds. The lowest BCUT2D eigenvalue weighted by atomic mass is 10.1. The van der Waals surface area contributed by atoms with Crippen molar-refractivity contribution in [1.29, 1.82) is 0 Å². The van der Waals surface area contributed by atoms with Gasteiger partial charge in [-0.25, -0.2) is 14.4 Å². The number of pyridine rings is 1. The smallest absolute Gasteiger partial charge is 0.162 e. The molecule has 0 spiro atoms. The molecule has 3 heterocycles. The van der Waals surface area contributed by atoms with Crippen LogP contribution in [0.15, 0.2) is 54.9 Å². The van der Waals surface area contributed by atoms with Crippen LogP contribution in [0.2, 0.25) is 0 Å². The van der Waals surface area contributed by atoms with E-state index in [1.54, 1.807) is 24.5 Å². The summed E-state index contributed by atoms with van der Waals surface area (Å²) < 4.78 is 13.3. The van der Waals surface area contributed by atoms with E-state index in [9.17, 15) is 4.39 Å². The second-order valence-corrected chi connectivity index (χ2v) is 6.27. The van der Waals surface area contributed by atoms with Gasteiger partial charge in [0.05, 0.1) is 5.69 Å². The van der Waals surface area contributed by atoms with Gasteiger partial charge in [0.25, 0.3) is 0 Å². The van der Waals surface area contributed by atoms with Gasteiger partial charge in [0, 0.05) is 49.2 Å². The van der Waals surface area contributed by atoms with Crippen molar-refractivity contribution in [2.75, 3.05) is 31.1 Å². The fourth-order valence-corrected chi connectivity index (χ4v) is 3.07. The summed E-state index contributed by atoms with van der Waals surface area (Å²) in [4.78, 5) is 15.9. The van der Waals surface area contributed by atoms with Gasteiger partial charge in [-0.3, -0.25) is 4.98 Å². The Kier molecular flexibility index (Phi) is 4.84. The number of nitrogens with zero attached hydrogens (tertiary/aromatic N) is 4. The van der Waals surface area contributed by atoms with Crippen molar-refractivity contribution in [3.8, 4) is 22.6 Å². The maximum atomic E-state index is 13.3. The quantitative estimate of drug-likeness (QED) is 0.787. The largest absolute Gasteiger partial charge is 0.355 e. The Morgan fingerprint density at radius 3 is 2.50 bits per heavy atom. The Morgan fingerprint density at radius 1 is 0.885 bits per heavy atom. The molecular weight excluding hydrogens is 329 g/mol. The van der Waals surface area contributed by atoms with E-state index in [2.05, 4.69) is 15.2 Å². The summed E-state index contributed by atoms with van der Waals surface area (Å²) in [5, 5.41) is 3.41. The predicted octanol–water partition coefficient (Wildman–Crippen LogP) is 3.14. The van der Waals surface area contributed by atoms with E-state index in [0.717, 1.165) is 55.2 Å². The van der Waals surface area contributed by atoms with Crippen molar-refractivity contribution in [3.63, 3.8) is 0 Å². The third kappa shape index (κ3) is 3.70. The monoisotopic (exact) mass is 349 g/mol. The molecule has 1 aromatic carbocycles. The Labute approximate surface area is 151 Å². The van der Waals surface area contributed by atoms with Crippen molar-refractivity contribution in [2.45, 2.75) is 6.42 Å². The van der Waals surface area contributed by atoms with Gasteiger partial charge in [0.2, 0.25) is 0 Å². The summed E-state index contributed by atoms with van der Waals surface area (Å²) in [5.74, 6) is 1.24. The van der Waals surface area contributed by atoms with Crippen LogP contribution in [0.25, 0.3) is 22.6 Å². The molecule has 0 saturated carbocycles. The molecule has 0 aliphatic carbocycles. The number of rotatable bonds is 3. The summed E-state index contributed by atoms with van der Waals surface area (Å²) in [7, 11) is 0. The molecular formula is C20H20FN5. The minimum Gasteiger partial charge on any atom is -0.355 e. The summed E-state index contributed by atoms with van der Waals surface area (Å²) in [6.45, 7) is 3.79. The Morgan fingerprint density at radius 2 is 1.69 bits per heavy atom. The van der Waals surface area contributed by atoms with Crippen molar-refractivity contribution in [3.05, 3.63) is 60.7 Å². The highest BCUT2D eigenvalue weighted by Gasteiger charge is 2.15. The van der Waals surface area contributed by atoms with Crippen LogP contribution in [0.5, 0.6) is 0 Å². The topological polar surface area (TPSA) is 53.9 Å². The summed E-state index contributed by atoms with van der Waals surface area (Å²) in [6, 6.07) is 12.2. The fourth-order valence-electron chi connectivity index (χ4n) is 3.07. The second kappa shape index (κ2) is 7.58. The summed E-state index contributed by atoms with van der Waals surface area (Å²) >= 11 is 0. The molecule has 0 radical (unpaired) electrons.